The first-order valence-corrected chi connectivity index (χ1v) is 10.4. The van der Waals surface area contributed by atoms with Gasteiger partial charge in [0.05, 0.1) is 13.5 Å². The van der Waals surface area contributed by atoms with Crippen LogP contribution >= 0.6 is 11.6 Å². The van der Waals surface area contributed by atoms with Crippen LogP contribution in [0.4, 0.5) is 0 Å². The molecule has 1 fully saturated rings. The molecule has 2 amide bonds. The van der Waals surface area contributed by atoms with E-state index in [1.165, 1.54) is 0 Å². The number of amides is 2. The van der Waals surface area contributed by atoms with Gasteiger partial charge >= 0.3 is 0 Å². The Labute approximate surface area is 177 Å². The monoisotopic (exact) mass is 414 g/mol. The van der Waals surface area contributed by atoms with E-state index in [-0.39, 0.29) is 11.8 Å². The molecule has 2 aromatic rings. The standard InChI is InChI=1S/C23H27ClN2O3/c1-29-21-10-5-19(6-11-21)17-23(28)26-14-2-13-25(15-16-26)22(27)12-7-18-3-8-20(24)9-4-18/h3-6,8-11H,2,7,12-17H2,1H3. The molecule has 1 heterocycles. The highest BCUT2D eigenvalue weighted by molar-refractivity contribution is 6.30. The molecule has 5 nitrogen and oxygen atoms in total. The molecule has 1 saturated heterocycles. The number of halogens is 1. The maximum absolute atomic E-state index is 12.7. The summed E-state index contributed by atoms with van der Waals surface area (Å²) in [7, 11) is 1.62. The van der Waals surface area contributed by atoms with E-state index in [4.69, 9.17) is 16.3 Å². The Morgan fingerprint density at radius 3 is 2.07 bits per heavy atom. The molecule has 0 saturated carbocycles. The minimum Gasteiger partial charge on any atom is -0.497 e. The Morgan fingerprint density at radius 1 is 0.862 bits per heavy atom. The average molecular weight is 415 g/mol. The summed E-state index contributed by atoms with van der Waals surface area (Å²) < 4.78 is 5.16. The average Bonchev–Trinajstić information content (AvgIpc) is 3.00. The van der Waals surface area contributed by atoms with Gasteiger partial charge in [-0.25, -0.2) is 0 Å². The number of hydrogen-bond acceptors (Lipinski definition) is 3. The Balaban J connectivity index is 1.47. The van der Waals surface area contributed by atoms with Gasteiger partial charge in [0.25, 0.3) is 0 Å². The number of hydrogen-bond donors (Lipinski definition) is 0. The van der Waals surface area contributed by atoms with Gasteiger partial charge in [-0.2, -0.15) is 0 Å². The van der Waals surface area contributed by atoms with Gasteiger partial charge < -0.3 is 14.5 Å². The lowest BCUT2D eigenvalue weighted by atomic mass is 10.1. The van der Waals surface area contributed by atoms with Crippen LogP contribution in [0.15, 0.2) is 48.5 Å². The summed E-state index contributed by atoms with van der Waals surface area (Å²) in [6.07, 6.45) is 2.35. The van der Waals surface area contributed by atoms with Gasteiger partial charge in [-0.1, -0.05) is 35.9 Å². The Bertz CT molecular complexity index is 821. The van der Waals surface area contributed by atoms with E-state index in [1.807, 2.05) is 58.3 Å². The van der Waals surface area contributed by atoms with Crippen molar-refractivity contribution in [3.63, 3.8) is 0 Å². The molecular formula is C23H27ClN2O3. The summed E-state index contributed by atoms with van der Waals surface area (Å²) in [4.78, 5) is 29.0. The summed E-state index contributed by atoms with van der Waals surface area (Å²) in [5.74, 6) is 1.03. The van der Waals surface area contributed by atoms with Crippen molar-refractivity contribution >= 4 is 23.4 Å². The molecule has 0 bridgehead atoms. The zero-order valence-electron chi connectivity index (χ0n) is 16.8. The highest BCUT2D eigenvalue weighted by Gasteiger charge is 2.22. The molecule has 29 heavy (non-hydrogen) atoms. The van der Waals surface area contributed by atoms with E-state index in [1.54, 1.807) is 7.11 Å². The minimum atomic E-state index is 0.102. The molecular weight excluding hydrogens is 388 g/mol. The number of benzene rings is 2. The van der Waals surface area contributed by atoms with Crippen molar-refractivity contribution in [3.05, 3.63) is 64.7 Å². The third kappa shape index (κ3) is 6.23. The van der Waals surface area contributed by atoms with Crippen LogP contribution < -0.4 is 4.74 Å². The molecule has 2 aromatic carbocycles. The molecule has 3 rings (SSSR count). The second-order valence-electron chi connectivity index (χ2n) is 7.27. The highest BCUT2D eigenvalue weighted by atomic mass is 35.5. The fraction of sp³-hybridized carbons (Fsp3) is 0.391. The van der Waals surface area contributed by atoms with Crippen molar-refractivity contribution in [2.24, 2.45) is 0 Å². The number of nitrogens with zero attached hydrogens (tertiary/aromatic N) is 2. The summed E-state index contributed by atoms with van der Waals surface area (Å²) in [6.45, 7) is 2.57. The third-order valence-corrected chi connectivity index (χ3v) is 5.51. The van der Waals surface area contributed by atoms with Crippen molar-refractivity contribution in [3.8, 4) is 5.75 Å². The topological polar surface area (TPSA) is 49.9 Å². The zero-order valence-corrected chi connectivity index (χ0v) is 17.5. The van der Waals surface area contributed by atoms with Gasteiger partial charge in [0.15, 0.2) is 0 Å². The van der Waals surface area contributed by atoms with Crippen LogP contribution in [0.2, 0.25) is 5.02 Å². The number of aryl methyl sites for hydroxylation is 1. The smallest absolute Gasteiger partial charge is 0.227 e. The van der Waals surface area contributed by atoms with E-state index < -0.39 is 0 Å². The molecule has 6 heteroatoms. The summed E-state index contributed by atoms with van der Waals surface area (Å²) in [6, 6.07) is 15.2. The van der Waals surface area contributed by atoms with Crippen LogP contribution in [0.1, 0.15) is 24.0 Å². The van der Waals surface area contributed by atoms with Crippen LogP contribution in [0, 0.1) is 0 Å². The molecule has 0 unspecified atom stereocenters. The van der Waals surface area contributed by atoms with Gasteiger partial charge in [0.1, 0.15) is 5.75 Å². The molecule has 0 aliphatic carbocycles. The Kier molecular flexibility index (Phi) is 7.53. The molecule has 154 valence electrons. The van der Waals surface area contributed by atoms with Gasteiger partial charge in [-0.05, 0) is 48.2 Å². The molecule has 0 radical (unpaired) electrons. The molecule has 1 aliphatic rings. The van der Waals surface area contributed by atoms with E-state index in [2.05, 4.69) is 0 Å². The quantitative estimate of drug-likeness (QED) is 0.725. The number of carbonyl (C=O) groups excluding carboxylic acids is 2. The SMILES string of the molecule is COc1ccc(CC(=O)N2CCCN(C(=O)CCc3ccc(Cl)cc3)CC2)cc1. The lowest BCUT2D eigenvalue weighted by Gasteiger charge is -2.22. The molecule has 0 spiro atoms. The van der Waals surface area contributed by atoms with Gasteiger partial charge in [0.2, 0.25) is 11.8 Å². The second kappa shape index (κ2) is 10.3. The lowest BCUT2D eigenvalue weighted by Crippen LogP contribution is -2.38. The highest BCUT2D eigenvalue weighted by Crippen LogP contribution is 2.15. The minimum absolute atomic E-state index is 0.102. The molecule has 0 atom stereocenters. The molecule has 0 aromatic heterocycles. The van der Waals surface area contributed by atoms with Crippen LogP contribution in [-0.2, 0) is 22.4 Å². The third-order valence-electron chi connectivity index (χ3n) is 5.26. The molecule has 1 aliphatic heterocycles. The number of methoxy groups -OCH3 is 1. The van der Waals surface area contributed by atoms with Gasteiger partial charge in [-0.3, -0.25) is 9.59 Å². The van der Waals surface area contributed by atoms with Crippen molar-refractivity contribution in [2.75, 3.05) is 33.3 Å². The first-order valence-electron chi connectivity index (χ1n) is 9.98. The van der Waals surface area contributed by atoms with Gasteiger partial charge in [-0.15, -0.1) is 0 Å². The maximum Gasteiger partial charge on any atom is 0.227 e. The van der Waals surface area contributed by atoms with E-state index in [9.17, 15) is 9.59 Å². The van der Waals surface area contributed by atoms with Crippen LogP contribution in [-0.4, -0.2) is 54.9 Å². The van der Waals surface area contributed by atoms with E-state index in [0.717, 1.165) is 23.3 Å². The van der Waals surface area contributed by atoms with Crippen LogP contribution in [0.25, 0.3) is 0 Å². The Hall–Kier alpha value is -2.53. The van der Waals surface area contributed by atoms with Crippen LogP contribution in [0.3, 0.4) is 0 Å². The maximum atomic E-state index is 12.7. The Morgan fingerprint density at radius 2 is 1.45 bits per heavy atom. The van der Waals surface area contributed by atoms with Crippen molar-refractivity contribution in [1.82, 2.24) is 9.80 Å². The summed E-state index contributed by atoms with van der Waals surface area (Å²) in [5, 5.41) is 0.701. The summed E-state index contributed by atoms with van der Waals surface area (Å²) in [5.41, 5.74) is 2.07. The largest absolute Gasteiger partial charge is 0.497 e. The van der Waals surface area contributed by atoms with Crippen molar-refractivity contribution < 1.29 is 14.3 Å². The first kappa shape index (κ1) is 21.2. The predicted octanol–water partition coefficient (Wildman–Crippen LogP) is 3.58. The van der Waals surface area contributed by atoms with E-state index in [0.29, 0.717) is 50.5 Å². The van der Waals surface area contributed by atoms with Crippen molar-refractivity contribution in [1.29, 1.82) is 0 Å². The fourth-order valence-corrected chi connectivity index (χ4v) is 3.63. The predicted molar refractivity (Wildman–Crippen MR) is 114 cm³/mol. The fourth-order valence-electron chi connectivity index (χ4n) is 3.51. The number of carbonyl (C=O) groups is 2. The van der Waals surface area contributed by atoms with Gasteiger partial charge in [0, 0.05) is 37.6 Å². The zero-order chi connectivity index (χ0) is 20.6. The number of rotatable bonds is 6. The van der Waals surface area contributed by atoms with E-state index >= 15 is 0 Å². The number of ether oxygens (including phenoxy) is 1. The second-order valence-corrected chi connectivity index (χ2v) is 7.70. The first-order chi connectivity index (χ1) is 14.0. The lowest BCUT2D eigenvalue weighted by molar-refractivity contribution is -0.133. The summed E-state index contributed by atoms with van der Waals surface area (Å²) >= 11 is 5.91. The van der Waals surface area contributed by atoms with Crippen molar-refractivity contribution in [2.45, 2.75) is 25.7 Å². The van der Waals surface area contributed by atoms with Crippen LogP contribution in [0.5, 0.6) is 5.75 Å². The normalized spacial score (nSPS) is 14.4. The molecule has 0 N–H and O–H groups in total.